The number of ether oxygens (including phenoxy) is 1. The van der Waals surface area contributed by atoms with E-state index in [0.29, 0.717) is 26.0 Å². The van der Waals surface area contributed by atoms with Crippen molar-refractivity contribution >= 4 is 5.91 Å². The van der Waals surface area contributed by atoms with Crippen LogP contribution in [0.15, 0.2) is 0 Å². The number of nitrogens with zero attached hydrogens (tertiary/aromatic N) is 1. The average Bonchev–Trinajstić information content (AvgIpc) is 2.85. The Balaban J connectivity index is 2.88. The van der Waals surface area contributed by atoms with Gasteiger partial charge in [-0.1, -0.05) is 20.8 Å². The number of alkyl halides is 3. The highest BCUT2D eigenvalue weighted by Gasteiger charge is 2.41. The van der Waals surface area contributed by atoms with Gasteiger partial charge in [-0.25, -0.2) is 0 Å². The van der Waals surface area contributed by atoms with Gasteiger partial charge in [-0.05, 0) is 19.4 Å². The lowest BCUT2D eigenvalue weighted by molar-refractivity contribution is -0.169. The molecule has 1 aliphatic rings. The van der Waals surface area contributed by atoms with E-state index < -0.39 is 24.5 Å². The minimum Gasteiger partial charge on any atom is -0.379 e. The lowest BCUT2D eigenvalue weighted by Crippen LogP contribution is -2.51. The Kier molecular flexibility index (Phi) is 6.93. The Morgan fingerprint density at radius 3 is 2.38 bits per heavy atom. The lowest BCUT2D eigenvalue weighted by atomic mass is 9.99. The molecule has 0 aromatic carbocycles. The molecule has 4 nitrogen and oxygen atoms in total. The Morgan fingerprint density at radius 1 is 1.29 bits per heavy atom. The van der Waals surface area contributed by atoms with Crippen molar-refractivity contribution in [3.05, 3.63) is 0 Å². The van der Waals surface area contributed by atoms with Crippen LogP contribution in [0.3, 0.4) is 0 Å². The summed E-state index contributed by atoms with van der Waals surface area (Å²) >= 11 is 0. The van der Waals surface area contributed by atoms with E-state index in [0.717, 1.165) is 4.90 Å². The first-order valence-electron chi connectivity index (χ1n) is 7.52. The van der Waals surface area contributed by atoms with Crippen LogP contribution in [0.2, 0.25) is 0 Å². The molecule has 1 aliphatic heterocycles. The summed E-state index contributed by atoms with van der Waals surface area (Å²) in [6.07, 6.45) is -3.36. The monoisotopic (exact) mass is 310 g/mol. The molecule has 0 spiro atoms. The first kappa shape index (κ1) is 18.2. The SMILES string of the molecule is CCNC1COCC1C(=O)N(CC(F)(F)F)C(CC)CC. The number of halogens is 3. The van der Waals surface area contributed by atoms with Crippen molar-refractivity contribution in [3.63, 3.8) is 0 Å². The maximum atomic E-state index is 12.8. The fraction of sp³-hybridized carbons (Fsp3) is 0.929. The third-order valence-corrected chi connectivity index (χ3v) is 3.88. The van der Waals surface area contributed by atoms with Gasteiger partial charge >= 0.3 is 6.18 Å². The summed E-state index contributed by atoms with van der Waals surface area (Å²) in [6.45, 7) is 5.53. The first-order chi connectivity index (χ1) is 9.84. The second kappa shape index (κ2) is 7.98. The zero-order chi connectivity index (χ0) is 16.0. The molecule has 1 amide bonds. The lowest BCUT2D eigenvalue weighted by Gasteiger charge is -2.34. The zero-order valence-corrected chi connectivity index (χ0v) is 12.9. The van der Waals surface area contributed by atoms with Gasteiger partial charge in [0.2, 0.25) is 5.91 Å². The third-order valence-electron chi connectivity index (χ3n) is 3.88. The van der Waals surface area contributed by atoms with Crippen molar-refractivity contribution < 1.29 is 22.7 Å². The maximum absolute atomic E-state index is 12.8. The Hall–Kier alpha value is -0.820. The number of carbonyl (C=O) groups is 1. The highest BCUT2D eigenvalue weighted by atomic mass is 19.4. The summed E-state index contributed by atoms with van der Waals surface area (Å²) in [4.78, 5) is 13.6. The normalized spacial score (nSPS) is 22.8. The summed E-state index contributed by atoms with van der Waals surface area (Å²) in [5.41, 5.74) is 0. The van der Waals surface area contributed by atoms with Gasteiger partial charge in [0.15, 0.2) is 0 Å². The molecule has 1 N–H and O–H groups in total. The molecule has 2 unspecified atom stereocenters. The molecule has 1 saturated heterocycles. The van der Waals surface area contributed by atoms with E-state index >= 15 is 0 Å². The zero-order valence-electron chi connectivity index (χ0n) is 12.9. The van der Waals surface area contributed by atoms with Crippen LogP contribution in [-0.2, 0) is 9.53 Å². The van der Waals surface area contributed by atoms with Crippen LogP contribution in [0.4, 0.5) is 13.2 Å². The highest BCUT2D eigenvalue weighted by molar-refractivity contribution is 5.80. The van der Waals surface area contributed by atoms with Crippen molar-refractivity contribution in [3.8, 4) is 0 Å². The van der Waals surface area contributed by atoms with Crippen LogP contribution in [0.1, 0.15) is 33.6 Å². The molecule has 1 heterocycles. The first-order valence-corrected chi connectivity index (χ1v) is 7.52. The number of nitrogens with one attached hydrogen (secondary N) is 1. The van der Waals surface area contributed by atoms with Crippen LogP contribution in [0.25, 0.3) is 0 Å². The number of likely N-dealkylation sites (N-methyl/N-ethyl adjacent to an activating group) is 1. The summed E-state index contributed by atoms with van der Waals surface area (Å²) < 4.78 is 43.7. The third kappa shape index (κ3) is 5.14. The average molecular weight is 310 g/mol. The molecule has 0 radical (unpaired) electrons. The molecule has 1 fully saturated rings. The minimum atomic E-state index is -4.38. The van der Waals surface area contributed by atoms with E-state index in [2.05, 4.69) is 5.32 Å². The van der Waals surface area contributed by atoms with Gasteiger partial charge in [0.1, 0.15) is 6.54 Å². The molecule has 124 valence electrons. The van der Waals surface area contributed by atoms with Crippen LogP contribution >= 0.6 is 0 Å². The molecule has 0 bridgehead atoms. The fourth-order valence-corrected chi connectivity index (χ4v) is 2.78. The van der Waals surface area contributed by atoms with Gasteiger partial charge in [-0.3, -0.25) is 4.79 Å². The van der Waals surface area contributed by atoms with Crippen LogP contribution < -0.4 is 5.32 Å². The number of carbonyl (C=O) groups excluding carboxylic acids is 1. The molecule has 0 aromatic heterocycles. The number of rotatable bonds is 7. The van der Waals surface area contributed by atoms with E-state index in [-0.39, 0.29) is 18.7 Å². The second-order valence-electron chi connectivity index (χ2n) is 5.36. The van der Waals surface area contributed by atoms with Gasteiger partial charge < -0.3 is 15.0 Å². The van der Waals surface area contributed by atoms with Gasteiger partial charge in [0, 0.05) is 12.1 Å². The molecule has 1 rings (SSSR count). The number of amides is 1. The molecule has 2 atom stereocenters. The van der Waals surface area contributed by atoms with E-state index in [4.69, 9.17) is 4.74 Å². The van der Waals surface area contributed by atoms with E-state index in [1.54, 1.807) is 13.8 Å². The van der Waals surface area contributed by atoms with Gasteiger partial charge in [0.25, 0.3) is 0 Å². The number of hydrogen-bond acceptors (Lipinski definition) is 3. The molecular formula is C14H25F3N2O2. The predicted octanol–water partition coefficient (Wildman–Crippen LogP) is 2.19. The Labute approximate surface area is 124 Å². The van der Waals surface area contributed by atoms with E-state index in [9.17, 15) is 18.0 Å². The minimum absolute atomic E-state index is 0.186. The van der Waals surface area contributed by atoms with Crippen molar-refractivity contribution in [1.29, 1.82) is 0 Å². The second-order valence-corrected chi connectivity index (χ2v) is 5.36. The summed E-state index contributed by atoms with van der Waals surface area (Å²) in [5, 5.41) is 3.11. The standard InChI is InChI=1S/C14H25F3N2O2/c1-4-10(5-2)19(9-14(15,16)17)13(20)11-7-21-8-12(11)18-6-3/h10-12,18H,4-9H2,1-3H3. The molecule has 0 aromatic rings. The molecular weight excluding hydrogens is 285 g/mol. The Bertz CT molecular complexity index is 333. The smallest absolute Gasteiger partial charge is 0.379 e. The van der Waals surface area contributed by atoms with Gasteiger partial charge in [-0.2, -0.15) is 13.2 Å². The van der Waals surface area contributed by atoms with Crippen LogP contribution in [0.5, 0.6) is 0 Å². The Morgan fingerprint density at radius 2 is 1.90 bits per heavy atom. The van der Waals surface area contributed by atoms with Gasteiger partial charge in [0.05, 0.1) is 19.1 Å². The largest absolute Gasteiger partial charge is 0.406 e. The molecule has 0 saturated carbocycles. The van der Waals surface area contributed by atoms with Crippen molar-refractivity contribution in [2.75, 3.05) is 26.3 Å². The van der Waals surface area contributed by atoms with Gasteiger partial charge in [-0.15, -0.1) is 0 Å². The van der Waals surface area contributed by atoms with Crippen LogP contribution in [-0.4, -0.2) is 55.4 Å². The summed E-state index contributed by atoms with van der Waals surface area (Å²) in [5.74, 6) is -0.989. The topological polar surface area (TPSA) is 41.6 Å². The quantitative estimate of drug-likeness (QED) is 0.784. The molecule has 21 heavy (non-hydrogen) atoms. The fourth-order valence-electron chi connectivity index (χ4n) is 2.78. The highest BCUT2D eigenvalue weighted by Crippen LogP contribution is 2.25. The van der Waals surface area contributed by atoms with Crippen molar-refractivity contribution in [2.24, 2.45) is 5.92 Å². The molecule has 0 aliphatic carbocycles. The summed E-state index contributed by atoms with van der Waals surface area (Å²) in [7, 11) is 0. The number of hydrogen-bond donors (Lipinski definition) is 1. The summed E-state index contributed by atoms with van der Waals surface area (Å²) in [6, 6.07) is -0.588. The molecule has 7 heteroatoms. The predicted molar refractivity (Wildman–Crippen MR) is 73.9 cm³/mol. The van der Waals surface area contributed by atoms with E-state index in [1.807, 2.05) is 6.92 Å². The maximum Gasteiger partial charge on any atom is 0.406 e. The van der Waals surface area contributed by atoms with Crippen molar-refractivity contribution in [1.82, 2.24) is 10.2 Å². The van der Waals surface area contributed by atoms with Crippen molar-refractivity contribution in [2.45, 2.75) is 51.9 Å². The van der Waals surface area contributed by atoms with Crippen LogP contribution in [0, 0.1) is 5.92 Å². The van der Waals surface area contributed by atoms with E-state index in [1.165, 1.54) is 0 Å².